The molecule has 0 heterocycles. The van der Waals surface area contributed by atoms with Crippen molar-refractivity contribution in [2.24, 2.45) is 11.3 Å². The number of hydrogen-bond donors (Lipinski definition) is 1. The minimum absolute atomic E-state index is 0.184. The van der Waals surface area contributed by atoms with Gasteiger partial charge >= 0.3 is 0 Å². The van der Waals surface area contributed by atoms with E-state index in [0.29, 0.717) is 18.4 Å². The first kappa shape index (κ1) is 10.7. The largest absolute Gasteiger partial charge is 0.396 e. The van der Waals surface area contributed by atoms with E-state index >= 15 is 0 Å². The minimum Gasteiger partial charge on any atom is -0.396 e. The van der Waals surface area contributed by atoms with Crippen molar-refractivity contribution in [1.29, 1.82) is 0 Å². The summed E-state index contributed by atoms with van der Waals surface area (Å²) in [6.07, 6.45) is 1.17. The Bertz CT molecular complexity index is 358. The molecule has 1 heteroatoms. The van der Waals surface area contributed by atoms with Gasteiger partial charge < -0.3 is 5.11 Å². The zero-order chi connectivity index (χ0) is 11.1. The first-order chi connectivity index (χ1) is 7.07. The SMILES string of the molecule is Cc1cccc(C(C)[C@@H]2C[C@@]2(C)CO)c1. The van der Waals surface area contributed by atoms with E-state index in [-0.39, 0.29) is 5.41 Å². The average Bonchev–Trinajstić information content (AvgIpc) is 2.91. The van der Waals surface area contributed by atoms with Crippen molar-refractivity contribution in [3.63, 3.8) is 0 Å². The molecule has 1 aliphatic carbocycles. The van der Waals surface area contributed by atoms with Gasteiger partial charge in [-0.1, -0.05) is 43.7 Å². The number of hydrogen-bond acceptors (Lipinski definition) is 1. The molecule has 0 aliphatic heterocycles. The lowest BCUT2D eigenvalue weighted by Gasteiger charge is -2.15. The van der Waals surface area contributed by atoms with Gasteiger partial charge in [0.1, 0.15) is 0 Å². The van der Waals surface area contributed by atoms with Gasteiger partial charge in [0.15, 0.2) is 0 Å². The third kappa shape index (κ3) is 1.93. The van der Waals surface area contributed by atoms with Crippen molar-refractivity contribution in [2.45, 2.75) is 33.1 Å². The molecular formula is C14H20O. The molecule has 2 rings (SSSR count). The smallest absolute Gasteiger partial charge is 0.0487 e. The lowest BCUT2D eigenvalue weighted by Crippen LogP contribution is -2.08. The molecule has 0 amide bonds. The van der Waals surface area contributed by atoms with Crippen LogP contribution in [0.15, 0.2) is 24.3 Å². The molecule has 1 fully saturated rings. The summed E-state index contributed by atoms with van der Waals surface area (Å²) in [4.78, 5) is 0. The van der Waals surface area contributed by atoms with Gasteiger partial charge in [-0.3, -0.25) is 0 Å². The first-order valence-corrected chi connectivity index (χ1v) is 5.74. The minimum atomic E-state index is 0.184. The van der Waals surface area contributed by atoms with E-state index in [1.54, 1.807) is 0 Å². The fourth-order valence-corrected chi connectivity index (χ4v) is 2.59. The summed E-state index contributed by atoms with van der Waals surface area (Å²) in [5.41, 5.74) is 2.92. The Labute approximate surface area is 92.1 Å². The molecule has 0 saturated heterocycles. The molecule has 3 atom stereocenters. The number of rotatable bonds is 3. The van der Waals surface area contributed by atoms with Crippen LogP contribution < -0.4 is 0 Å². The summed E-state index contributed by atoms with van der Waals surface area (Å²) in [6.45, 7) is 6.92. The fraction of sp³-hybridized carbons (Fsp3) is 0.571. The van der Waals surface area contributed by atoms with Gasteiger partial charge in [0.05, 0.1) is 0 Å². The summed E-state index contributed by atoms with van der Waals surface area (Å²) in [5, 5.41) is 9.29. The van der Waals surface area contributed by atoms with E-state index < -0.39 is 0 Å². The molecule has 15 heavy (non-hydrogen) atoms. The number of benzene rings is 1. The van der Waals surface area contributed by atoms with Crippen molar-refractivity contribution in [1.82, 2.24) is 0 Å². The van der Waals surface area contributed by atoms with Gasteiger partial charge in [-0.2, -0.15) is 0 Å². The fourth-order valence-electron chi connectivity index (χ4n) is 2.59. The van der Waals surface area contributed by atoms with Gasteiger partial charge in [0.2, 0.25) is 0 Å². The molecule has 0 bridgehead atoms. The molecule has 1 aliphatic rings. The number of aliphatic hydroxyl groups is 1. The molecule has 1 N–H and O–H groups in total. The van der Waals surface area contributed by atoms with Crippen molar-refractivity contribution in [3.05, 3.63) is 35.4 Å². The van der Waals surface area contributed by atoms with E-state index in [1.807, 2.05) is 0 Å². The third-order valence-corrected chi connectivity index (χ3v) is 3.95. The first-order valence-electron chi connectivity index (χ1n) is 5.74. The molecule has 1 aromatic carbocycles. The maximum absolute atomic E-state index is 9.29. The molecular weight excluding hydrogens is 184 g/mol. The predicted octanol–water partition coefficient (Wildman–Crippen LogP) is 3.12. The van der Waals surface area contributed by atoms with Crippen molar-refractivity contribution >= 4 is 0 Å². The lowest BCUT2D eigenvalue weighted by atomic mass is 9.91. The second-order valence-corrected chi connectivity index (χ2v) is 5.33. The van der Waals surface area contributed by atoms with Gasteiger partial charge in [0, 0.05) is 6.61 Å². The Morgan fingerprint density at radius 1 is 1.53 bits per heavy atom. The Kier molecular flexibility index (Phi) is 2.59. The van der Waals surface area contributed by atoms with Crippen LogP contribution in [0.25, 0.3) is 0 Å². The Morgan fingerprint density at radius 3 is 2.80 bits per heavy atom. The second kappa shape index (κ2) is 3.64. The van der Waals surface area contributed by atoms with E-state index in [9.17, 15) is 5.11 Å². The van der Waals surface area contributed by atoms with Crippen LogP contribution in [0.2, 0.25) is 0 Å². The summed E-state index contributed by atoms with van der Waals surface area (Å²) in [7, 11) is 0. The van der Waals surface area contributed by atoms with E-state index in [2.05, 4.69) is 45.0 Å². The van der Waals surface area contributed by atoms with Gasteiger partial charge in [0.25, 0.3) is 0 Å². The standard InChI is InChI=1S/C14H20O/c1-10-5-4-6-12(7-10)11(2)13-8-14(13,3)9-15/h4-7,11,13,15H,8-9H2,1-3H3/t11?,13-,14-/m0/s1. The van der Waals surface area contributed by atoms with E-state index in [0.717, 1.165) is 0 Å². The summed E-state index contributed by atoms with van der Waals surface area (Å²) in [5.74, 6) is 1.23. The van der Waals surface area contributed by atoms with E-state index in [1.165, 1.54) is 17.5 Å². The molecule has 1 nitrogen and oxygen atoms in total. The lowest BCUT2D eigenvalue weighted by molar-refractivity contribution is 0.207. The highest BCUT2D eigenvalue weighted by atomic mass is 16.3. The third-order valence-electron chi connectivity index (χ3n) is 3.95. The van der Waals surface area contributed by atoms with Crippen molar-refractivity contribution in [2.75, 3.05) is 6.61 Å². The van der Waals surface area contributed by atoms with Gasteiger partial charge in [-0.05, 0) is 36.2 Å². The second-order valence-electron chi connectivity index (χ2n) is 5.33. The van der Waals surface area contributed by atoms with Crippen molar-refractivity contribution < 1.29 is 5.11 Å². The number of aliphatic hydroxyl groups excluding tert-OH is 1. The molecule has 1 aromatic rings. The van der Waals surface area contributed by atoms with Gasteiger partial charge in [-0.15, -0.1) is 0 Å². The summed E-state index contributed by atoms with van der Waals surface area (Å²) in [6, 6.07) is 8.72. The topological polar surface area (TPSA) is 20.2 Å². The molecule has 0 spiro atoms. The van der Waals surface area contributed by atoms with Crippen LogP contribution in [0, 0.1) is 18.3 Å². The normalized spacial score (nSPS) is 31.3. The molecule has 1 unspecified atom stereocenters. The highest BCUT2D eigenvalue weighted by Gasteiger charge is 2.52. The zero-order valence-electron chi connectivity index (χ0n) is 9.83. The molecule has 82 valence electrons. The number of aryl methyl sites for hydroxylation is 1. The maximum atomic E-state index is 9.29. The summed E-state index contributed by atoms with van der Waals surface area (Å²) < 4.78 is 0. The van der Waals surface area contributed by atoms with E-state index in [4.69, 9.17) is 0 Å². The highest BCUT2D eigenvalue weighted by molar-refractivity contribution is 5.27. The quantitative estimate of drug-likeness (QED) is 0.802. The average molecular weight is 204 g/mol. The van der Waals surface area contributed by atoms with Crippen molar-refractivity contribution in [3.8, 4) is 0 Å². The summed E-state index contributed by atoms with van der Waals surface area (Å²) >= 11 is 0. The zero-order valence-corrected chi connectivity index (χ0v) is 9.83. The van der Waals surface area contributed by atoms with Crippen LogP contribution in [-0.4, -0.2) is 11.7 Å². The Balaban J connectivity index is 2.13. The Hall–Kier alpha value is -0.820. The molecule has 1 saturated carbocycles. The maximum Gasteiger partial charge on any atom is 0.0487 e. The van der Waals surface area contributed by atoms with Crippen LogP contribution in [0.5, 0.6) is 0 Å². The van der Waals surface area contributed by atoms with Crippen LogP contribution >= 0.6 is 0 Å². The monoisotopic (exact) mass is 204 g/mol. The van der Waals surface area contributed by atoms with Crippen LogP contribution in [0.4, 0.5) is 0 Å². The van der Waals surface area contributed by atoms with Crippen LogP contribution in [-0.2, 0) is 0 Å². The molecule has 0 aromatic heterocycles. The molecule has 0 radical (unpaired) electrons. The Morgan fingerprint density at radius 2 is 2.27 bits per heavy atom. The van der Waals surface area contributed by atoms with Crippen LogP contribution in [0.1, 0.15) is 37.3 Å². The highest BCUT2D eigenvalue weighted by Crippen LogP contribution is 2.58. The van der Waals surface area contributed by atoms with Gasteiger partial charge in [-0.25, -0.2) is 0 Å². The predicted molar refractivity (Wildman–Crippen MR) is 62.9 cm³/mol. The van der Waals surface area contributed by atoms with Crippen LogP contribution in [0.3, 0.4) is 0 Å².